The van der Waals surface area contributed by atoms with Gasteiger partial charge in [0.05, 0.1) is 29.8 Å². The summed E-state index contributed by atoms with van der Waals surface area (Å²) in [5.74, 6) is -2.13. The molecular formula is C17H13BF4N6. The summed E-state index contributed by atoms with van der Waals surface area (Å²) in [5.41, 5.74) is -0.600. The SMILES string of the molecule is [B]c1cc(F)cc(N(CC(F)F)c2nc(=N)n(C(C)=N)c3cncc(F)c23)c1. The maximum Gasteiger partial charge on any atom is 0.256 e. The minimum atomic E-state index is -2.88. The fraction of sp³-hybridized carbons (Fsp3) is 0.176. The van der Waals surface area contributed by atoms with E-state index in [2.05, 4.69) is 9.97 Å². The first kappa shape index (κ1) is 19.5. The van der Waals surface area contributed by atoms with E-state index in [1.165, 1.54) is 19.2 Å². The fourth-order valence-corrected chi connectivity index (χ4v) is 2.88. The maximum absolute atomic E-state index is 14.6. The number of halogens is 4. The normalized spacial score (nSPS) is 11.2. The summed E-state index contributed by atoms with van der Waals surface area (Å²) in [4.78, 5) is 8.52. The van der Waals surface area contributed by atoms with Crippen LogP contribution < -0.4 is 16.0 Å². The number of nitrogens with one attached hydrogen (secondary N) is 2. The summed E-state index contributed by atoms with van der Waals surface area (Å²) in [6.45, 7) is 0.410. The number of hydrogen-bond donors (Lipinski definition) is 2. The van der Waals surface area contributed by atoms with Gasteiger partial charge >= 0.3 is 0 Å². The predicted octanol–water partition coefficient (Wildman–Crippen LogP) is 2.23. The Hall–Kier alpha value is -3.24. The zero-order valence-corrected chi connectivity index (χ0v) is 14.5. The number of benzene rings is 1. The summed E-state index contributed by atoms with van der Waals surface area (Å²) in [7, 11) is 5.61. The fourth-order valence-electron chi connectivity index (χ4n) is 2.88. The molecule has 0 aliphatic rings. The van der Waals surface area contributed by atoms with Crippen molar-refractivity contribution in [1.82, 2.24) is 14.5 Å². The van der Waals surface area contributed by atoms with Gasteiger partial charge in [0.2, 0.25) is 5.62 Å². The van der Waals surface area contributed by atoms with Crippen molar-refractivity contribution < 1.29 is 17.6 Å². The van der Waals surface area contributed by atoms with Crippen LogP contribution in [0, 0.1) is 22.5 Å². The highest BCUT2D eigenvalue weighted by molar-refractivity contribution is 6.32. The van der Waals surface area contributed by atoms with Crippen LogP contribution in [0.25, 0.3) is 10.9 Å². The lowest BCUT2D eigenvalue weighted by molar-refractivity contribution is 0.157. The van der Waals surface area contributed by atoms with Gasteiger partial charge in [-0.3, -0.25) is 20.4 Å². The van der Waals surface area contributed by atoms with E-state index in [0.29, 0.717) is 0 Å². The van der Waals surface area contributed by atoms with E-state index >= 15 is 0 Å². The van der Waals surface area contributed by atoms with Gasteiger partial charge < -0.3 is 4.90 Å². The Kier molecular flexibility index (Phi) is 5.17. The standard InChI is InChI=1S/C17H13BF4N6/c1-8(23)28-13-6-25-5-12(20)15(13)16(26-17(28)24)27(7-14(21)22)11-3-9(18)2-10(19)4-11/h2-6,14,23-24H,7H2,1H3. The van der Waals surface area contributed by atoms with Crippen LogP contribution in [0.4, 0.5) is 29.1 Å². The molecular weight excluding hydrogens is 375 g/mol. The van der Waals surface area contributed by atoms with Crippen LogP contribution in [-0.4, -0.2) is 41.2 Å². The molecule has 2 aromatic heterocycles. The van der Waals surface area contributed by atoms with Gasteiger partial charge in [-0.25, -0.2) is 17.6 Å². The predicted molar refractivity (Wildman–Crippen MR) is 96.9 cm³/mol. The monoisotopic (exact) mass is 388 g/mol. The summed E-state index contributed by atoms with van der Waals surface area (Å²) in [5, 5.41) is 15.6. The van der Waals surface area contributed by atoms with Crippen molar-refractivity contribution in [2.24, 2.45) is 0 Å². The van der Waals surface area contributed by atoms with E-state index in [-0.39, 0.29) is 33.7 Å². The Morgan fingerprint density at radius 3 is 2.57 bits per heavy atom. The number of hydrogen-bond acceptors (Lipinski definition) is 5. The van der Waals surface area contributed by atoms with Crippen LogP contribution in [0.15, 0.2) is 30.6 Å². The molecule has 0 unspecified atom stereocenters. The van der Waals surface area contributed by atoms with Crippen LogP contribution in [0.2, 0.25) is 0 Å². The van der Waals surface area contributed by atoms with Crippen LogP contribution in [0.5, 0.6) is 0 Å². The highest BCUT2D eigenvalue weighted by Crippen LogP contribution is 2.31. The van der Waals surface area contributed by atoms with E-state index in [1.54, 1.807) is 0 Å². The molecule has 0 saturated heterocycles. The van der Waals surface area contributed by atoms with Gasteiger partial charge in [0.15, 0.2) is 5.82 Å². The number of pyridine rings is 1. The lowest BCUT2D eigenvalue weighted by Gasteiger charge is -2.26. The maximum atomic E-state index is 14.6. The largest absolute Gasteiger partial charge is 0.320 e. The highest BCUT2D eigenvalue weighted by atomic mass is 19.3. The zero-order chi connectivity index (χ0) is 20.6. The second-order valence-electron chi connectivity index (χ2n) is 5.94. The van der Waals surface area contributed by atoms with Gasteiger partial charge in [0.1, 0.15) is 25.3 Å². The number of fused-ring (bicyclic) bond motifs is 1. The molecule has 142 valence electrons. The van der Waals surface area contributed by atoms with Crippen LogP contribution in [-0.2, 0) is 0 Å². The van der Waals surface area contributed by atoms with Crippen molar-refractivity contribution in [3.63, 3.8) is 0 Å². The summed E-state index contributed by atoms with van der Waals surface area (Å²) in [6, 6.07) is 3.20. The molecule has 1 aromatic carbocycles. The van der Waals surface area contributed by atoms with Crippen molar-refractivity contribution in [1.29, 1.82) is 10.8 Å². The van der Waals surface area contributed by atoms with Gasteiger partial charge in [-0.2, -0.15) is 4.98 Å². The third-order valence-electron chi connectivity index (χ3n) is 3.90. The second kappa shape index (κ2) is 7.41. The molecule has 0 aliphatic carbocycles. The van der Waals surface area contributed by atoms with Crippen molar-refractivity contribution in [3.8, 4) is 0 Å². The molecule has 11 heteroatoms. The second-order valence-corrected chi connectivity index (χ2v) is 5.94. The quantitative estimate of drug-likeness (QED) is 0.311. The molecule has 3 aromatic rings. The Morgan fingerprint density at radius 2 is 1.96 bits per heavy atom. The third kappa shape index (κ3) is 3.60. The Balaban J connectivity index is 2.39. The third-order valence-corrected chi connectivity index (χ3v) is 3.90. The van der Waals surface area contributed by atoms with Crippen LogP contribution in [0.1, 0.15) is 6.92 Å². The average molecular weight is 388 g/mol. The molecule has 0 amide bonds. The molecule has 0 aliphatic heterocycles. The van der Waals surface area contributed by atoms with E-state index in [9.17, 15) is 17.6 Å². The lowest BCUT2D eigenvalue weighted by atomic mass is 9.95. The first-order chi connectivity index (χ1) is 13.2. The Labute approximate surface area is 157 Å². The summed E-state index contributed by atoms with van der Waals surface area (Å²) < 4.78 is 56.0. The molecule has 0 fully saturated rings. The number of alkyl halides is 2. The van der Waals surface area contributed by atoms with Gasteiger partial charge in [0, 0.05) is 5.69 Å². The van der Waals surface area contributed by atoms with Crippen LogP contribution >= 0.6 is 0 Å². The number of anilines is 2. The molecule has 0 atom stereocenters. The Bertz CT molecular complexity index is 1110. The molecule has 6 nitrogen and oxygen atoms in total. The van der Waals surface area contributed by atoms with Crippen molar-refractivity contribution in [3.05, 3.63) is 47.8 Å². The smallest absolute Gasteiger partial charge is 0.256 e. The lowest BCUT2D eigenvalue weighted by Crippen LogP contribution is -2.33. The topological polar surface area (TPSA) is 81.7 Å². The average Bonchev–Trinajstić information content (AvgIpc) is 2.57. The molecule has 0 spiro atoms. The zero-order valence-electron chi connectivity index (χ0n) is 14.5. The first-order valence-electron chi connectivity index (χ1n) is 7.97. The van der Waals surface area contributed by atoms with Gasteiger partial charge in [-0.15, -0.1) is 0 Å². The van der Waals surface area contributed by atoms with Gasteiger partial charge in [-0.1, -0.05) is 5.46 Å². The molecule has 3 rings (SSSR count). The van der Waals surface area contributed by atoms with Crippen molar-refractivity contribution >= 4 is 41.6 Å². The molecule has 2 N–H and O–H groups in total. The van der Waals surface area contributed by atoms with Crippen molar-refractivity contribution in [2.45, 2.75) is 13.3 Å². The molecule has 0 bridgehead atoms. The van der Waals surface area contributed by atoms with Gasteiger partial charge in [0.25, 0.3) is 6.43 Å². The molecule has 2 radical (unpaired) electrons. The van der Waals surface area contributed by atoms with Crippen LogP contribution in [0.3, 0.4) is 0 Å². The number of rotatable bonds is 4. The first-order valence-corrected chi connectivity index (χ1v) is 7.97. The minimum Gasteiger partial charge on any atom is -0.320 e. The van der Waals surface area contributed by atoms with E-state index in [4.69, 9.17) is 18.7 Å². The van der Waals surface area contributed by atoms with E-state index < -0.39 is 30.2 Å². The van der Waals surface area contributed by atoms with E-state index in [1.807, 2.05) is 0 Å². The molecule has 2 heterocycles. The van der Waals surface area contributed by atoms with E-state index in [0.717, 1.165) is 27.8 Å². The number of nitrogens with zero attached hydrogens (tertiary/aromatic N) is 4. The number of aromatic nitrogens is 3. The summed E-state index contributed by atoms with van der Waals surface area (Å²) >= 11 is 0. The minimum absolute atomic E-state index is 0.00820. The molecule has 0 saturated carbocycles. The molecule has 28 heavy (non-hydrogen) atoms. The highest BCUT2D eigenvalue weighted by Gasteiger charge is 2.23. The Morgan fingerprint density at radius 1 is 1.25 bits per heavy atom. The van der Waals surface area contributed by atoms with Gasteiger partial charge in [-0.05, 0) is 25.1 Å². The summed E-state index contributed by atoms with van der Waals surface area (Å²) in [6.07, 6.45) is -0.821. The van der Waals surface area contributed by atoms with Crippen molar-refractivity contribution in [2.75, 3.05) is 11.4 Å².